The van der Waals surface area contributed by atoms with Gasteiger partial charge in [-0.05, 0) is 51.8 Å². The minimum absolute atomic E-state index is 0.243. The lowest BCUT2D eigenvalue weighted by molar-refractivity contribution is 0.603. The number of benzene rings is 2. The number of halogens is 2. The Bertz CT molecular complexity index is 1090. The number of rotatable bonds is 3. The van der Waals surface area contributed by atoms with Gasteiger partial charge in [0.05, 0.1) is 11.3 Å². The zero-order chi connectivity index (χ0) is 20.7. The fourth-order valence-electron chi connectivity index (χ4n) is 2.23. The monoisotopic (exact) mass is 460 g/mol. The summed E-state index contributed by atoms with van der Waals surface area (Å²) in [6.07, 6.45) is 1.22. The molecule has 0 amide bonds. The first-order valence-electron chi connectivity index (χ1n) is 8.35. The Morgan fingerprint density at radius 3 is 2.14 bits per heavy atom. The first-order chi connectivity index (χ1) is 13.2. The zero-order valence-electron chi connectivity index (χ0n) is 15.4. The lowest BCUT2D eigenvalue weighted by atomic mass is 9.98. The van der Waals surface area contributed by atoms with Crippen molar-refractivity contribution >= 4 is 25.8 Å². The number of pyridine rings is 1. The molecule has 0 radical (unpaired) electrons. The Kier molecular flexibility index (Phi) is 7.44. The van der Waals surface area contributed by atoms with Crippen molar-refractivity contribution in [3.63, 3.8) is 0 Å². The molecule has 1 heterocycles. The molecule has 7 heteroatoms. The predicted octanol–water partition coefficient (Wildman–Crippen LogP) is 5.24. The summed E-state index contributed by atoms with van der Waals surface area (Å²) >= 11 is 3.32. The Hall–Kier alpha value is -2.56. The molecule has 3 rings (SSSR count). The maximum atomic E-state index is 13.2. The van der Waals surface area contributed by atoms with Crippen molar-refractivity contribution in [3.8, 4) is 28.5 Å². The minimum Gasteiger partial charge on any atom is -0.239 e. The van der Waals surface area contributed by atoms with Gasteiger partial charge in [0.2, 0.25) is 0 Å². The molecule has 3 aromatic rings. The molecular weight excluding hydrogens is 443 g/mol. The van der Waals surface area contributed by atoms with Crippen molar-refractivity contribution < 1.29 is 12.8 Å². The van der Waals surface area contributed by atoms with Crippen LogP contribution in [-0.4, -0.2) is 25.4 Å². The van der Waals surface area contributed by atoms with E-state index in [0.29, 0.717) is 15.9 Å². The molecule has 1 aromatic heterocycles. The summed E-state index contributed by atoms with van der Waals surface area (Å²) in [5.74, 6) is -0.0507. The van der Waals surface area contributed by atoms with E-state index in [9.17, 15) is 18.1 Å². The van der Waals surface area contributed by atoms with Crippen LogP contribution >= 0.6 is 15.9 Å². The highest BCUT2D eigenvalue weighted by molar-refractivity contribution is 9.10. The molecule has 0 fully saturated rings. The Morgan fingerprint density at radius 1 is 1.07 bits per heavy atom. The second kappa shape index (κ2) is 9.58. The number of aromatic nitrogens is 1. The normalized spacial score (nSPS) is 10.5. The van der Waals surface area contributed by atoms with Crippen molar-refractivity contribution in [2.45, 2.75) is 6.92 Å². The third-order valence-electron chi connectivity index (χ3n) is 3.82. The third-order valence-corrected chi connectivity index (χ3v) is 5.48. The van der Waals surface area contributed by atoms with Crippen LogP contribution in [0.15, 0.2) is 65.3 Å². The van der Waals surface area contributed by atoms with E-state index in [-0.39, 0.29) is 11.6 Å². The van der Waals surface area contributed by atoms with E-state index < -0.39 is 9.84 Å². The van der Waals surface area contributed by atoms with E-state index in [2.05, 4.69) is 27.0 Å². The molecule has 0 saturated carbocycles. The molecule has 0 unspecified atom stereocenters. The van der Waals surface area contributed by atoms with Gasteiger partial charge >= 0.3 is 0 Å². The van der Waals surface area contributed by atoms with Crippen molar-refractivity contribution in [1.82, 2.24) is 4.98 Å². The maximum Gasteiger partial charge on any atom is 0.147 e. The van der Waals surface area contributed by atoms with E-state index in [1.54, 1.807) is 25.1 Å². The minimum atomic E-state index is -2.66. The van der Waals surface area contributed by atoms with Gasteiger partial charge in [-0.15, -0.1) is 0 Å². The van der Waals surface area contributed by atoms with Crippen LogP contribution in [0.1, 0.15) is 12.5 Å². The van der Waals surface area contributed by atoms with Crippen LogP contribution in [0.25, 0.3) is 22.4 Å². The molecule has 0 spiro atoms. The van der Waals surface area contributed by atoms with Crippen LogP contribution in [0.3, 0.4) is 0 Å². The summed E-state index contributed by atoms with van der Waals surface area (Å²) < 4.78 is 33.6. The number of hydrogen-bond donors (Lipinski definition) is 0. The van der Waals surface area contributed by atoms with Crippen LogP contribution in [0, 0.1) is 17.1 Å². The van der Waals surface area contributed by atoms with Gasteiger partial charge in [-0.3, -0.25) is 0 Å². The average molecular weight is 461 g/mol. The van der Waals surface area contributed by atoms with E-state index in [1.165, 1.54) is 18.4 Å². The highest BCUT2D eigenvalue weighted by Gasteiger charge is 2.13. The molecule has 2 aromatic carbocycles. The van der Waals surface area contributed by atoms with Gasteiger partial charge in [0.15, 0.2) is 0 Å². The summed E-state index contributed by atoms with van der Waals surface area (Å²) in [6.45, 7) is 1.62. The van der Waals surface area contributed by atoms with Crippen molar-refractivity contribution in [2.75, 3.05) is 12.0 Å². The fourth-order valence-corrected chi connectivity index (χ4v) is 2.62. The molecular formula is C21H18BrFN2O2S. The molecule has 0 aliphatic rings. The summed E-state index contributed by atoms with van der Waals surface area (Å²) in [5, 5.41) is 9.22. The Morgan fingerprint density at radius 2 is 1.64 bits per heavy atom. The second-order valence-electron chi connectivity index (χ2n) is 5.92. The van der Waals surface area contributed by atoms with Gasteiger partial charge in [0.25, 0.3) is 0 Å². The van der Waals surface area contributed by atoms with Crippen LogP contribution in [0.4, 0.5) is 4.39 Å². The standard InChI is InChI=1S/C18H10BrFN2.C3H8O2S/c19-18-14(11-21)10-16(12-4-2-1-3-5-12)17(22-18)13-6-8-15(20)9-7-13;1-3-6(2,4)5/h1-10H;3H2,1-2H3. The molecule has 0 aliphatic heterocycles. The second-order valence-corrected chi connectivity index (χ2v) is 9.10. The summed E-state index contributed by atoms with van der Waals surface area (Å²) in [5.41, 5.74) is 3.76. The van der Waals surface area contributed by atoms with Gasteiger partial charge in [-0.1, -0.05) is 37.3 Å². The molecule has 0 bridgehead atoms. The molecule has 144 valence electrons. The Balaban J connectivity index is 0.000000409. The lowest BCUT2D eigenvalue weighted by Gasteiger charge is -2.11. The van der Waals surface area contributed by atoms with Gasteiger partial charge in [0.1, 0.15) is 26.3 Å². The third kappa shape index (κ3) is 5.98. The molecule has 0 saturated heterocycles. The van der Waals surface area contributed by atoms with Crippen molar-refractivity contribution in [3.05, 3.63) is 76.6 Å². The number of nitriles is 1. The van der Waals surface area contributed by atoms with Crippen molar-refractivity contribution in [2.24, 2.45) is 0 Å². The zero-order valence-corrected chi connectivity index (χ0v) is 17.8. The highest BCUT2D eigenvalue weighted by Crippen LogP contribution is 2.33. The first-order valence-corrected chi connectivity index (χ1v) is 11.2. The maximum absolute atomic E-state index is 13.2. The molecule has 0 atom stereocenters. The lowest BCUT2D eigenvalue weighted by Crippen LogP contribution is -1.96. The predicted molar refractivity (Wildman–Crippen MR) is 113 cm³/mol. The highest BCUT2D eigenvalue weighted by atomic mass is 79.9. The summed E-state index contributed by atoms with van der Waals surface area (Å²) in [6, 6.07) is 19.8. The van der Waals surface area contributed by atoms with Crippen molar-refractivity contribution in [1.29, 1.82) is 5.26 Å². The van der Waals surface area contributed by atoms with Gasteiger partial charge in [-0.25, -0.2) is 17.8 Å². The van der Waals surface area contributed by atoms with E-state index in [0.717, 1.165) is 16.7 Å². The quantitative estimate of drug-likeness (QED) is 0.501. The number of nitrogens with zero attached hydrogens (tertiary/aromatic N) is 2. The van der Waals surface area contributed by atoms with Gasteiger partial charge < -0.3 is 0 Å². The molecule has 4 nitrogen and oxygen atoms in total. The summed E-state index contributed by atoms with van der Waals surface area (Å²) in [4.78, 5) is 4.49. The van der Waals surface area contributed by atoms with Gasteiger partial charge in [-0.2, -0.15) is 5.26 Å². The van der Waals surface area contributed by atoms with E-state index in [1.807, 2.05) is 30.3 Å². The Labute approximate surface area is 172 Å². The molecule has 0 aliphatic carbocycles. The SMILES string of the molecule is CCS(C)(=O)=O.N#Cc1cc(-c2ccccc2)c(-c2ccc(F)cc2)nc1Br. The first kappa shape index (κ1) is 21.7. The van der Waals surface area contributed by atoms with Crippen LogP contribution < -0.4 is 0 Å². The smallest absolute Gasteiger partial charge is 0.147 e. The van der Waals surface area contributed by atoms with Crippen LogP contribution in [0.2, 0.25) is 0 Å². The fraction of sp³-hybridized carbons (Fsp3) is 0.143. The number of sulfone groups is 1. The van der Waals surface area contributed by atoms with Crippen LogP contribution in [0.5, 0.6) is 0 Å². The van der Waals surface area contributed by atoms with E-state index in [4.69, 9.17) is 0 Å². The van der Waals surface area contributed by atoms with E-state index >= 15 is 0 Å². The topological polar surface area (TPSA) is 70.8 Å². The molecule has 0 N–H and O–H groups in total. The largest absolute Gasteiger partial charge is 0.239 e. The summed E-state index contributed by atoms with van der Waals surface area (Å²) in [7, 11) is -2.66. The molecule has 28 heavy (non-hydrogen) atoms. The van der Waals surface area contributed by atoms with Gasteiger partial charge in [0, 0.05) is 23.1 Å². The average Bonchev–Trinajstić information content (AvgIpc) is 2.69. The number of hydrogen-bond acceptors (Lipinski definition) is 4. The van der Waals surface area contributed by atoms with Crippen LogP contribution in [-0.2, 0) is 9.84 Å².